The molecule has 21 heavy (non-hydrogen) atoms. The minimum Gasteiger partial charge on any atom is -0.481 e. The topological polar surface area (TPSA) is 69.6 Å². The van der Waals surface area contributed by atoms with Crippen LogP contribution in [0.15, 0.2) is 24.3 Å². The van der Waals surface area contributed by atoms with Gasteiger partial charge in [-0.05, 0) is 29.5 Å². The molecule has 0 radical (unpaired) electrons. The van der Waals surface area contributed by atoms with Crippen molar-refractivity contribution in [2.45, 2.75) is 33.6 Å². The average molecular weight is 292 g/mol. The van der Waals surface area contributed by atoms with Crippen LogP contribution in [-0.2, 0) is 11.2 Å². The number of carboxylic acid groups (broad SMARTS) is 1. The van der Waals surface area contributed by atoms with Gasteiger partial charge in [0.15, 0.2) is 0 Å². The molecule has 116 valence electrons. The number of aliphatic carboxylic acids is 1. The molecule has 1 aromatic rings. The lowest BCUT2D eigenvalue weighted by molar-refractivity contribution is -0.136. The van der Waals surface area contributed by atoms with Crippen LogP contribution >= 0.6 is 0 Å². The maximum Gasteiger partial charge on any atom is 0.321 e. The largest absolute Gasteiger partial charge is 0.481 e. The Hall–Kier alpha value is -2.04. The molecule has 0 heterocycles. The number of nitrogens with zero attached hydrogens (tertiary/aromatic N) is 1. The molecular formula is C16H24N2O3. The van der Waals surface area contributed by atoms with Gasteiger partial charge < -0.3 is 15.3 Å². The highest BCUT2D eigenvalue weighted by molar-refractivity contribution is 5.89. The highest BCUT2D eigenvalue weighted by Gasteiger charge is 2.17. The van der Waals surface area contributed by atoms with Gasteiger partial charge >= 0.3 is 12.0 Å². The Kier molecular flexibility index (Phi) is 5.76. The van der Waals surface area contributed by atoms with E-state index < -0.39 is 5.97 Å². The molecule has 0 aliphatic carbocycles. The Morgan fingerprint density at radius 1 is 1.29 bits per heavy atom. The van der Waals surface area contributed by atoms with E-state index in [9.17, 15) is 9.59 Å². The summed E-state index contributed by atoms with van der Waals surface area (Å²) in [6, 6.07) is 7.12. The molecule has 0 atom stereocenters. The summed E-state index contributed by atoms with van der Waals surface area (Å²) in [6.07, 6.45) is 0.540. The molecule has 1 rings (SSSR count). The molecular weight excluding hydrogens is 268 g/mol. The molecule has 0 fully saturated rings. The van der Waals surface area contributed by atoms with Crippen molar-refractivity contribution in [3.05, 3.63) is 29.8 Å². The fraction of sp³-hybridized carbons (Fsp3) is 0.500. The summed E-state index contributed by atoms with van der Waals surface area (Å²) in [7, 11) is 1.76. The standard InChI is InChI=1S/C16H24N2O3/c1-16(2,3)11-18(4)15(21)17-13-7-5-6-12(10-13)8-9-14(19)20/h5-7,10H,8-9,11H2,1-4H3,(H,17,21)(H,19,20). The summed E-state index contributed by atoms with van der Waals surface area (Å²) in [5.41, 5.74) is 1.62. The fourth-order valence-corrected chi connectivity index (χ4v) is 2.06. The van der Waals surface area contributed by atoms with Gasteiger partial charge in [-0.2, -0.15) is 0 Å². The molecule has 0 spiro atoms. The second kappa shape index (κ2) is 7.11. The summed E-state index contributed by atoms with van der Waals surface area (Å²) in [5, 5.41) is 11.5. The van der Waals surface area contributed by atoms with Gasteiger partial charge in [0.05, 0.1) is 0 Å². The maximum absolute atomic E-state index is 12.1. The lowest BCUT2D eigenvalue weighted by atomic mass is 9.96. The number of benzene rings is 1. The van der Waals surface area contributed by atoms with E-state index in [-0.39, 0.29) is 17.9 Å². The summed E-state index contributed by atoms with van der Waals surface area (Å²) in [6.45, 7) is 6.87. The third-order valence-electron chi connectivity index (χ3n) is 2.86. The third kappa shape index (κ3) is 6.79. The van der Waals surface area contributed by atoms with E-state index in [0.29, 0.717) is 18.7 Å². The molecule has 0 saturated carbocycles. The molecule has 0 unspecified atom stereocenters. The summed E-state index contributed by atoms with van der Waals surface area (Å²) in [4.78, 5) is 24.3. The summed E-state index contributed by atoms with van der Waals surface area (Å²) < 4.78 is 0. The number of amides is 2. The molecule has 0 saturated heterocycles. The van der Waals surface area contributed by atoms with Gasteiger partial charge in [-0.1, -0.05) is 32.9 Å². The zero-order chi connectivity index (χ0) is 16.0. The van der Waals surface area contributed by atoms with E-state index in [2.05, 4.69) is 26.1 Å². The van der Waals surface area contributed by atoms with Crippen molar-refractivity contribution in [3.63, 3.8) is 0 Å². The first-order chi connectivity index (χ1) is 9.67. The molecule has 0 bridgehead atoms. The van der Waals surface area contributed by atoms with Crippen LogP contribution in [0.5, 0.6) is 0 Å². The number of rotatable bonds is 5. The normalized spacial score (nSPS) is 11.0. The number of aryl methyl sites for hydroxylation is 1. The van der Waals surface area contributed by atoms with Gasteiger partial charge in [-0.25, -0.2) is 4.79 Å². The quantitative estimate of drug-likeness (QED) is 0.875. The lowest BCUT2D eigenvalue weighted by Crippen LogP contribution is -2.37. The number of carbonyl (C=O) groups is 2. The summed E-state index contributed by atoms with van der Waals surface area (Å²) >= 11 is 0. The first-order valence-electron chi connectivity index (χ1n) is 7.00. The fourth-order valence-electron chi connectivity index (χ4n) is 2.06. The van der Waals surface area contributed by atoms with Crippen molar-refractivity contribution in [2.75, 3.05) is 18.9 Å². The van der Waals surface area contributed by atoms with E-state index in [0.717, 1.165) is 5.56 Å². The van der Waals surface area contributed by atoms with Crippen LogP contribution in [-0.4, -0.2) is 35.6 Å². The van der Waals surface area contributed by atoms with Crippen LogP contribution < -0.4 is 5.32 Å². The molecule has 1 aromatic carbocycles. The number of carbonyl (C=O) groups excluding carboxylic acids is 1. The molecule has 5 heteroatoms. The number of hydrogen-bond acceptors (Lipinski definition) is 2. The Balaban J connectivity index is 2.63. The van der Waals surface area contributed by atoms with Crippen molar-refractivity contribution < 1.29 is 14.7 Å². The second-order valence-corrected chi connectivity index (χ2v) is 6.44. The van der Waals surface area contributed by atoms with E-state index in [1.807, 2.05) is 18.2 Å². The second-order valence-electron chi connectivity index (χ2n) is 6.44. The van der Waals surface area contributed by atoms with E-state index in [1.54, 1.807) is 18.0 Å². The minimum absolute atomic E-state index is 0.0371. The summed E-state index contributed by atoms with van der Waals surface area (Å²) in [5.74, 6) is -0.825. The number of carboxylic acids is 1. The van der Waals surface area contributed by atoms with Gasteiger partial charge in [-0.3, -0.25) is 4.79 Å². The van der Waals surface area contributed by atoms with Crippen molar-refractivity contribution >= 4 is 17.7 Å². The van der Waals surface area contributed by atoms with Crippen LogP contribution in [0.25, 0.3) is 0 Å². The molecule has 0 aliphatic rings. The maximum atomic E-state index is 12.1. The zero-order valence-corrected chi connectivity index (χ0v) is 13.1. The first-order valence-corrected chi connectivity index (χ1v) is 7.00. The molecule has 0 aromatic heterocycles. The van der Waals surface area contributed by atoms with Gasteiger partial charge in [0.2, 0.25) is 0 Å². The smallest absolute Gasteiger partial charge is 0.321 e. The number of hydrogen-bond donors (Lipinski definition) is 2. The Morgan fingerprint density at radius 2 is 1.95 bits per heavy atom. The first kappa shape index (κ1) is 17.0. The number of anilines is 1. The van der Waals surface area contributed by atoms with E-state index in [1.165, 1.54) is 0 Å². The van der Waals surface area contributed by atoms with Gasteiger partial charge in [0.1, 0.15) is 0 Å². The monoisotopic (exact) mass is 292 g/mol. The van der Waals surface area contributed by atoms with Crippen LogP contribution in [0.3, 0.4) is 0 Å². The molecule has 2 N–H and O–H groups in total. The molecule has 0 aliphatic heterocycles. The highest BCUT2D eigenvalue weighted by atomic mass is 16.4. The van der Waals surface area contributed by atoms with Gasteiger partial charge in [0.25, 0.3) is 0 Å². The predicted molar refractivity (Wildman–Crippen MR) is 83.5 cm³/mol. The SMILES string of the molecule is CN(CC(C)(C)C)C(=O)Nc1cccc(CCC(=O)O)c1. The van der Waals surface area contributed by atoms with Crippen molar-refractivity contribution in [3.8, 4) is 0 Å². The van der Waals surface area contributed by atoms with Crippen LogP contribution in [0, 0.1) is 5.41 Å². The van der Waals surface area contributed by atoms with Gasteiger partial charge in [-0.15, -0.1) is 0 Å². The van der Waals surface area contributed by atoms with Crippen molar-refractivity contribution in [2.24, 2.45) is 5.41 Å². The molecule has 2 amide bonds. The van der Waals surface area contributed by atoms with E-state index >= 15 is 0 Å². The highest BCUT2D eigenvalue weighted by Crippen LogP contribution is 2.16. The third-order valence-corrected chi connectivity index (χ3v) is 2.86. The van der Waals surface area contributed by atoms with Gasteiger partial charge in [0, 0.05) is 25.7 Å². The lowest BCUT2D eigenvalue weighted by Gasteiger charge is -2.26. The number of urea groups is 1. The average Bonchev–Trinajstić information content (AvgIpc) is 2.34. The number of nitrogens with one attached hydrogen (secondary N) is 1. The van der Waals surface area contributed by atoms with Crippen LogP contribution in [0.4, 0.5) is 10.5 Å². The minimum atomic E-state index is -0.825. The van der Waals surface area contributed by atoms with Crippen LogP contribution in [0.1, 0.15) is 32.8 Å². The van der Waals surface area contributed by atoms with Crippen LogP contribution in [0.2, 0.25) is 0 Å². The Labute approximate surface area is 126 Å². The molecule has 5 nitrogen and oxygen atoms in total. The Morgan fingerprint density at radius 3 is 2.52 bits per heavy atom. The van der Waals surface area contributed by atoms with E-state index in [4.69, 9.17) is 5.11 Å². The Bertz CT molecular complexity index is 506. The van der Waals surface area contributed by atoms with Crippen molar-refractivity contribution in [1.82, 2.24) is 4.90 Å². The zero-order valence-electron chi connectivity index (χ0n) is 13.1. The van der Waals surface area contributed by atoms with Crippen molar-refractivity contribution in [1.29, 1.82) is 0 Å². The predicted octanol–water partition coefficient (Wildman–Crippen LogP) is 3.21.